The van der Waals surface area contributed by atoms with Gasteiger partial charge in [0.05, 0.1) is 31.9 Å². The molecule has 2 aliphatic rings. The largest absolute Gasteiger partial charge is 0.394 e. The lowest BCUT2D eigenvalue weighted by atomic mass is 10.1. The lowest BCUT2D eigenvalue weighted by Crippen LogP contribution is -2.44. The molecule has 3 rings (SSSR count). The summed E-state index contributed by atoms with van der Waals surface area (Å²) in [7, 11) is 0. The Morgan fingerprint density at radius 2 is 2.19 bits per heavy atom. The van der Waals surface area contributed by atoms with Crippen molar-refractivity contribution in [2.24, 2.45) is 5.11 Å². The van der Waals surface area contributed by atoms with Crippen molar-refractivity contribution in [1.82, 2.24) is 9.13 Å². The maximum Gasteiger partial charge on any atom is 0.333 e. The van der Waals surface area contributed by atoms with Crippen molar-refractivity contribution < 1.29 is 19.3 Å². The third-order valence-corrected chi connectivity index (χ3v) is 4.71. The lowest BCUT2D eigenvalue weighted by molar-refractivity contribution is -0.139. The normalized spacial score (nSPS) is 29.6. The molecule has 4 atom stereocenters. The molecule has 0 bridgehead atoms. The molecular formula is C16H23N5O6. The van der Waals surface area contributed by atoms with E-state index in [2.05, 4.69) is 10.0 Å². The molecular weight excluding hydrogens is 358 g/mol. The van der Waals surface area contributed by atoms with E-state index in [1.165, 1.54) is 10.8 Å². The van der Waals surface area contributed by atoms with E-state index in [1.54, 1.807) is 20.8 Å². The summed E-state index contributed by atoms with van der Waals surface area (Å²) in [4.78, 5) is 28.2. The SMILES string of the molecule is Cc1cn([C@H]2C[C@H](N=[N+]=[N-])[C@@H](CO)O2)c(=O)n(CC2COC(C)(C)O2)c1=O. The van der Waals surface area contributed by atoms with Crippen molar-refractivity contribution in [3.05, 3.63) is 43.0 Å². The summed E-state index contributed by atoms with van der Waals surface area (Å²) in [6.07, 6.45) is -0.220. The molecule has 0 radical (unpaired) electrons. The van der Waals surface area contributed by atoms with Crippen molar-refractivity contribution in [2.45, 2.75) is 64.0 Å². The molecule has 2 fully saturated rings. The van der Waals surface area contributed by atoms with Gasteiger partial charge >= 0.3 is 5.69 Å². The van der Waals surface area contributed by atoms with Crippen LogP contribution in [0.2, 0.25) is 0 Å². The van der Waals surface area contributed by atoms with E-state index in [0.717, 1.165) is 4.57 Å². The van der Waals surface area contributed by atoms with Gasteiger partial charge < -0.3 is 19.3 Å². The van der Waals surface area contributed by atoms with Crippen LogP contribution in [0.1, 0.15) is 32.1 Å². The van der Waals surface area contributed by atoms with Crippen LogP contribution < -0.4 is 11.2 Å². The van der Waals surface area contributed by atoms with Crippen LogP contribution in [0.5, 0.6) is 0 Å². The Bertz CT molecular complexity index is 871. The van der Waals surface area contributed by atoms with Crippen LogP contribution in [-0.2, 0) is 20.8 Å². The number of hydrogen-bond acceptors (Lipinski definition) is 7. The van der Waals surface area contributed by atoms with E-state index in [4.69, 9.17) is 19.7 Å². The highest BCUT2D eigenvalue weighted by Crippen LogP contribution is 2.30. The van der Waals surface area contributed by atoms with Crippen molar-refractivity contribution >= 4 is 0 Å². The average molecular weight is 381 g/mol. The molecule has 0 spiro atoms. The van der Waals surface area contributed by atoms with E-state index in [9.17, 15) is 14.7 Å². The predicted molar refractivity (Wildman–Crippen MR) is 93.1 cm³/mol. The number of azide groups is 1. The highest BCUT2D eigenvalue weighted by Gasteiger charge is 2.37. The number of ether oxygens (including phenoxy) is 3. The van der Waals surface area contributed by atoms with Gasteiger partial charge in [0.15, 0.2) is 5.79 Å². The fraction of sp³-hybridized carbons (Fsp3) is 0.750. The van der Waals surface area contributed by atoms with Gasteiger partial charge in [0.25, 0.3) is 5.56 Å². The molecule has 148 valence electrons. The number of rotatable bonds is 5. The fourth-order valence-corrected chi connectivity index (χ4v) is 3.42. The first-order chi connectivity index (χ1) is 12.8. The van der Waals surface area contributed by atoms with Gasteiger partial charge in [-0.3, -0.25) is 13.9 Å². The predicted octanol–water partition coefficient (Wildman–Crippen LogP) is 0.429. The minimum absolute atomic E-state index is 0.0543. The summed E-state index contributed by atoms with van der Waals surface area (Å²) in [6.45, 7) is 5.13. The molecule has 2 saturated heterocycles. The van der Waals surface area contributed by atoms with Gasteiger partial charge in [-0.1, -0.05) is 5.11 Å². The lowest BCUT2D eigenvalue weighted by Gasteiger charge is -2.20. The fourth-order valence-electron chi connectivity index (χ4n) is 3.42. The van der Waals surface area contributed by atoms with Gasteiger partial charge in [0.2, 0.25) is 0 Å². The number of aryl methyl sites for hydroxylation is 1. The monoisotopic (exact) mass is 381 g/mol. The van der Waals surface area contributed by atoms with Crippen LogP contribution in [0, 0.1) is 6.92 Å². The third-order valence-electron chi connectivity index (χ3n) is 4.71. The Kier molecular flexibility index (Phi) is 5.41. The molecule has 1 aromatic rings. The molecule has 3 heterocycles. The zero-order valence-electron chi connectivity index (χ0n) is 15.4. The van der Waals surface area contributed by atoms with Gasteiger partial charge in [-0.05, 0) is 26.3 Å². The molecule has 1 unspecified atom stereocenters. The Hall–Kier alpha value is -2.17. The van der Waals surface area contributed by atoms with Crippen molar-refractivity contribution in [3.63, 3.8) is 0 Å². The second-order valence-electron chi connectivity index (χ2n) is 7.19. The zero-order valence-corrected chi connectivity index (χ0v) is 15.4. The van der Waals surface area contributed by atoms with Crippen LogP contribution in [0.25, 0.3) is 10.4 Å². The minimum atomic E-state index is -0.761. The van der Waals surface area contributed by atoms with Crippen molar-refractivity contribution in [3.8, 4) is 0 Å². The van der Waals surface area contributed by atoms with Crippen LogP contribution in [0.15, 0.2) is 20.9 Å². The van der Waals surface area contributed by atoms with Gasteiger partial charge in [0.1, 0.15) is 12.3 Å². The van der Waals surface area contributed by atoms with Gasteiger partial charge in [-0.2, -0.15) is 0 Å². The smallest absolute Gasteiger partial charge is 0.333 e. The number of aromatic nitrogens is 2. The highest BCUT2D eigenvalue weighted by atomic mass is 16.7. The molecule has 0 aromatic carbocycles. The van der Waals surface area contributed by atoms with Crippen LogP contribution in [-0.4, -0.2) is 51.5 Å². The van der Waals surface area contributed by atoms with E-state index in [0.29, 0.717) is 5.56 Å². The van der Waals surface area contributed by atoms with Crippen LogP contribution in [0.4, 0.5) is 0 Å². The van der Waals surface area contributed by atoms with Crippen LogP contribution >= 0.6 is 0 Å². The molecule has 1 aromatic heterocycles. The number of aliphatic hydroxyl groups is 1. The first-order valence-electron chi connectivity index (χ1n) is 8.70. The van der Waals surface area contributed by atoms with E-state index >= 15 is 0 Å². The summed E-state index contributed by atoms with van der Waals surface area (Å²) < 4.78 is 19.3. The first kappa shape index (κ1) is 19.6. The molecule has 0 saturated carbocycles. The Labute approximate surface area is 154 Å². The van der Waals surface area contributed by atoms with Crippen molar-refractivity contribution in [2.75, 3.05) is 13.2 Å². The Morgan fingerprint density at radius 3 is 2.78 bits per heavy atom. The molecule has 0 aliphatic carbocycles. The quantitative estimate of drug-likeness (QED) is 0.445. The molecule has 0 amide bonds. The second kappa shape index (κ2) is 7.45. The van der Waals surface area contributed by atoms with E-state index < -0.39 is 41.5 Å². The van der Waals surface area contributed by atoms with Gasteiger partial charge in [0, 0.05) is 23.1 Å². The summed E-state index contributed by atoms with van der Waals surface area (Å²) in [5, 5.41) is 13.0. The molecule has 11 heteroatoms. The summed E-state index contributed by atoms with van der Waals surface area (Å²) in [6, 6.07) is -0.593. The van der Waals surface area contributed by atoms with Gasteiger partial charge in [-0.15, -0.1) is 0 Å². The third kappa shape index (κ3) is 3.92. The standard InChI is InChI=1S/C16H23N5O6/c1-9-5-20(13-4-11(18-19-17)12(7-22)26-13)15(24)21(14(9)23)6-10-8-25-16(2,3)27-10/h5,10-13,22H,4,6-8H2,1-3H3/t10?,11-,12+,13+/m0/s1. The number of nitrogens with zero attached hydrogens (tertiary/aromatic N) is 5. The number of aliphatic hydroxyl groups excluding tert-OH is 1. The van der Waals surface area contributed by atoms with Gasteiger partial charge in [-0.25, -0.2) is 4.79 Å². The van der Waals surface area contributed by atoms with Crippen LogP contribution in [0.3, 0.4) is 0 Å². The molecule has 1 N–H and O–H groups in total. The topological polar surface area (TPSA) is 141 Å². The minimum Gasteiger partial charge on any atom is -0.394 e. The molecule has 2 aliphatic heterocycles. The number of hydrogen-bond donors (Lipinski definition) is 1. The zero-order chi connectivity index (χ0) is 19.8. The Balaban J connectivity index is 1.92. The first-order valence-corrected chi connectivity index (χ1v) is 8.70. The summed E-state index contributed by atoms with van der Waals surface area (Å²) >= 11 is 0. The maximum atomic E-state index is 12.9. The van der Waals surface area contributed by atoms with E-state index in [-0.39, 0.29) is 26.2 Å². The van der Waals surface area contributed by atoms with Crippen molar-refractivity contribution in [1.29, 1.82) is 0 Å². The second-order valence-corrected chi connectivity index (χ2v) is 7.19. The average Bonchev–Trinajstić information content (AvgIpc) is 3.18. The maximum absolute atomic E-state index is 12.9. The van der Waals surface area contributed by atoms with E-state index in [1.807, 2.05) is 0 Å². The highest BCUT2D eigenvalue weighted by molar-refractivity contribution is 5.04. The Morgan fingerprint density at radius 1 is 1.44 bits per heavy atom. The summed E-state index contributed by atoms with van der Waals surface area (Å²) in [5.74, 6) is -0.761. The summed E-state index contributed by atoms with van der Waals surface area (Å²) in [5.41, 5.74) is 8.06. The molecule has 11 nitrogen and oxygen atoms in total. The molecule has 27 heavy (non-hydrogen) atoms.